The average molecular weight is 421 g/mol. The summed E-state index contributed by atoms with van der Waals surface area (Å²) in [4.78, 5) is 21.0. The largest absolute Gasteiger partial charge is 0.482 e. The van der Waals surface area contributed by atoms with Crippen molar-refractivity contribution in [2.75, 3.05) is 13.2 Å². The van der Waals surface area contributed by atoms with Crippen molar-refractivity contribution in [3.63, 3.8) is 0 Å². The molecule has 1 heterocycles. The van der Waals surface area contributed by atoms with Crippen molar-refractivity contribution in [1.82, 2.24) is 4.98 Å². The summed E-state index contributed by atoms with van der Waals surface area (Å²) in [6, 6.07) is 9.70. The molecule has 162 valence electrons. The Morgan fingerprint density at radius 3 is 2.84 bits per heavy atom. The normalized spacial score (nSPS) is 16.5. The van der Waals surface area contributed by atoms with Gasteiger partial charge >= 0.3 is 5.97 Å². The van der Waals surface area contributed by atoms with Crippen LogP contribution in [0.5, 0.6) is 5.75 Å². The molecule has 2 aromatic rings. The van der Waals surface area contributed by atoms with Crippen LogP contribution < -0.4 is 4.74 Å². The van der Waals surface area contributed by atoms with Crippen molar-refractivity contribution in [2.24, 2.45) is 11.1 Å². The zero-order valence-corrected chi connectivity index (χ0v) is 17.6. The van der Waals surface area contributed by atoms with Gasteiger partial charge in [-0.05, 0) is 54.5 Å². The monoisotopic (exact) mass is 420 g/mol. The Kier molecular flexibility index (Phi) is 6.97. The maximum atomic E-state index is 10.9. The third-order valence-electron chi connectivity index (χ3n) is 5.96. The number of hydrogen-bond acceptors (Lipinski definition) is 5. The number of ether oxygens (including phenoxy) is 1. The lowest BCUT2D eigenvalue weighted by atomic mass is 9.90. The van der Waals surface area contributed by atoms with Crippen LogP contribution in [0.1, 0.15) is 55.2 Å². The highest BCUT2D eigenvalue weighted by Gasteiger charge is 2.20. The number of allylic oxidation sites excluding steroid dienone is 1. The molecule has 1 aromatic carbocycles. The van der Waals surface area contributed by atoms with Crippen LogP contribution in [0.15, 0.2) is 54.0 Å². The zero-order chi connectivity index (χ0) is 21.5. The first-order chi connectivity index (χ1) is 15.2. The van der Waals surface area contributed by atoms with Gasteiger partial charge in [0.1, 0.15) is 12.4 Å². The molecule has 0 amide bonds. The molecule has 31 heavy (non-hydrogen) atoms. The molecule has 0 bridgehead atoms. The lowest BCUT2D eigenvalue weighted by molar-refractivity contribution is -0.139. The van der Waals surface area contributed by atoms with Crippen LogP contribution in [0, 0.1) is 5.92 Å². The number of nitrogens with zero attached hydrogens (tertiary/aromatic N) is 2. The Labute approximate surface area is 182 Å². The van der Waals surface area contributed by atoms with Crippen LogP contribution in [0.3, 0.4) is 0 Å². The number of fused-ring (bicyclic) bond motifs is 1. The summed E-state index contributed by atoms with van der Waals surface area (Å²) >= 11 is 0. The van der Waals surface area contributed by atoms with Crippen LogP contribution in [-0.4, -0.2) is 35.0 Å². The molecule has 1 saturated carbocycles. The Morgan fingerprint density at radius 2 is 2.06 bits per heavy atom. The molecule has 0 radical (unpaired) electrons. The van der Waals surface area contributed by atoms with Gasteiger partial charge in [0, 0.05) is 23.5 Å². The molecule has 2 aliphatic rings. The Hall–Kier alpha value is -3.15. The maximum absolute atomic E-state index is 10.9. The van der Waals surface area contributed by atoms with Crippen molar-refractivity contribution in [2.45, 2.75) is 44.9 Å². The smallest absolute Gasteiger partial charge is 0.341 e. The van der Waals surface area contributed by atoms with Crippen LogP contribution in [0.25, 0.3) is 5.57 Å². The van der Waals surface area contributed by atoms with Crippen LogP contribution in [0.4, 0.5) is 0 Å². The molecule has 0 spiro atoms. The summed E-state index contributed by atoms with van der Waals surface area (Å²) in [5.41, 5.74) is 5.10. The summed E-state index contributed by atoms with van der Waals surface area (Å²) in [6.45, 7) is 0.0236. The lowest BCUT2D eigenvalue weighted by Crippen LogP contribution is -2.13. The maximum Gasteiger partial charge on any atom is 0.341 e. The number of carbonyl (C=O) groups is 1. The molecule has 2 aliphatic carbocycles. The summed E-state index contributed by atoms with van der Waals surface area (Å²) in [5.74, 6) is 0.310. The summed E-state index contributed by atoms with van der Waals surface area (Å²) in [6.07, 6.45) is 13.5. The summed E-state index contributed by atoms with van der Waals surface area (Å²) in [7, 11) is 0. The average Bonchev–Trinajstić information content (AvgIpc) is 3.31. The van der Waals surface area contributed by atoms with E-state index in [2.05, 4.69) is 16.2 Å². The fourth-order valence-corrected chi connectivity index (χ4v) is 4.45. The summed E-state index contributed by atoms with van der Waals surface area (Å²) in [5, 5.41) is 13.5. The van der Waals surface area contributed by atoms with Crippen molar-refractivity contribution >= 4 is 17.3 Å². The Morgan fingerprint density at radius 1 is 1.19 bits per heavy atom. The zero-order valence-electron chi connectivity index (χ0n) is 17.6. The SMILES string of the molecule is O=C(O)COc1cccc2c1CCC=C2CON=C(CC1CCCC1)c1cccnc1. The number of oxime groups is 1. The lowest BCUT2D eigenvalue weighted by Gasteiger charge is -2.20. The van der Waals surface area contributed by atoms with Gasteiger partial charge in [0.25, 0.3) is 0 Å². The third kappa shape index (κ3) is 5.51. The second kappa shape index (κ2) is 10.2. The van der Waals surface area contributed by atoms with Gasteiger partial charge < -0.3 is 14.7 Å². The van der Waals surface area contributed by atoms with Crippen LogP contribution in [-0.2, 0) is 16.1 Å². The fourth-order valence-electron chi connectivity index (χ4n) is 4.45. The molecule has 0 saturated heterocycles. The first-order valence-corrected chi connectivity index (χ1v) is 11.0. The number of aliphatic carboxylic acids is 1. The quantitative estimate of drug-likeness (QED) is 0.462. The number of rotatable bonds is 9. The number of pyridine rings is 1. The Balaban J connectivity index is 1.47. The highest BCUT2D eigenvalue weighted by atomic mass is 16.6. The number of carboxylic acid groups (broad SMARTS) is 1. The number of benzene rings is 1. The van der Waals surface area contributed by atoms with E-state index in [9.17, 15) is 4.79 Å². The van der Waals surface area contributed by atoms with E-state index in [-0.39, 0.29) is 6.61 Å². The standard InChI is InChI=1S/C25H28N2O4/c28-25(29)17-30-24-12-4-10-21-20(8-3-11-22(21)24)16-31-27-23(14-18-6-1-2-7-18)19-9-5-13-26-15-19/h4-5,8-10,12-13,15,18H,1-3,6-7,11,14,16-17H2,(H,28,29). The molecule has 6 nitrogen and oxygen atoms in total. The number of carboxylic acids is 1. The molecule has 1 fully saturated rings. The van der Waals surface area contributed by atoms with Gasteiger partial charge in [0.15, 0.2) is 6.61 Å². The first kappa shape index (κ1) is 21.1. The van der Waals surface area contributed by atoms with Crippen LogP contribution in [0.2, 0.25) is 0 Å². The van der Waals surface area contributed by atoms with Gasteiger partial charge in [0.2, 0.25) is 0 Å². The minimum absolute atomic E-state index is 0.341. The second-order valence-corrected chi connectivity index (χ2v) is 8.14. The van der Waals surface area contributed by atoms with Gasteiger partial charge in [-0.2, -0.15) is 0 Å². The van der Waals surface area contributed by atoms with E-state index in [1.807, 2.05) is 36.5 Å². The van der Waals surface area contributed by atoms with E-state index in [4.69, 9.17) is 14.7 Å². The van der Waals surface area contributed by atoms with Crippen molar-refractivity contribution in [1.29, 1.82) is 0 Å². The molecule has 0 aliphatic heterocycles. The van der Waals surface area contributed by atoms with Crippen molar-refractivity contribution in [3.05, 3.63) is 65.5 Å². The molecular formula is C25H28N2O4. The minimum Gasteiger partial charge on any atom is -0.482 e. The van der Waals surface area contributed by atoms with Gasteiger partial charge in [-0.1, -0.05) is 49.0 Å². The van der Waals surface area contributed by atoms with E-state index in [0.29, 0.717) is 18.3 Å². The van der Waals surface area contributed by atoms with Gasteiger partial charge in [0.05, 0.1) is 5.71 Å². The molecule has 1 N–H and O–H groups in total. The minimum atomic E-state index is -0.980. The predicted octanol–water partition coefficient (Wildman–Crippen LogP) is 4.88. The molecule has 1 aromatic heterocycles. The van der Waals surface area contributed by atoms with E-state index >= 15 is 0 Å². The van der Waals surface area contributed by atoms with Gasteiger partial charge in [-0.15, -0.1) is 0 Å². The predicted molar refractivity (Wildman–Crippen MR) is 119 cm³/mol. The summed E-state index contributed by atoms with van der Waals surface area (Å²) < 4.78 is 5.49. The van der Waals surface area contributed by atoms with E-state index < -0.39 is 5.97 Å². The number of aromatic nitrogens is 1. The molecule has 0 unspecified atom stereocenters. The highest BCUT2D eigenvalue weighted by molar-refractivity contribution is 6.00. The van der Waals surface area contributed by atoms with E-state index in [1.54, 1.807) is 6.20 Å². The van der Waals surface area contributed by atoms with Gasteiger partial charge in [-0.3, -0.25) is 4.98 Å². The fraction of sp³-hybridized carbons (Fsp3) is 0.400. The van der Waals surface area contributed by atoms with Crippen molar-refractivity contribution in [3.8, 4) is 5.75 Å². The molecule has 0 atom stereocenters. The van der Waals surface area contributed by atoms with Gasteiger partial charge in [-0.25, -0.2) is 4.79 Å². The van der Waals surface area contributed by atoms with Crippen LogP contribution >= 0.6 is 0 Å². The Bertz CT molecular complexity index is 963. The topological polar surface area (TPSA) is 81.0 Å². The molecular weight excluding hydrogens is 392 g/mol. The second-order valence-electron chi connectivity index (χ2n) is 8.14. The van der Waals surface area contributed by atoms with E-state index in [0.717, 1.165) is 47.2 Å². The number of hydrogen-bond donors (Lipinski definition) is 1. The highest BCUT2D eigenvalue weighted by Crippen LogP contribution is 2.33. The molecule has 4 rings (SSSR count). The third-order valence-corrected chi connectivity index (χ3v) is 5.96. The molecule has 6 heteroatoms. The van der Waals surface area contributed by atoms with Crippen molar-refractivity contribution < 1.29 is 19.5 Å². The first-order valence-electron chi connectivity index (χ1n) is 11.0. The van der Waals surface area contributed by atoms with E-state index in [1.165, 1.54) is 25.7 Å².